The molecule has 2 heterocycles. The number of ether oxygens (including phenoxy) is 1. The lowest BCUT2D eigenvalue weighted by Gasteiger charge is -2.25. The minimum absolute atomic E-state index is 0.0532. The summed E-state index contributed by atoms with van der Waals surface area (Å²) in [5.74, 6) is -0.0392. The van der Waals surface area contributed by atoms with Crippen LogP contribution >= 0.6 is 0 Å². The molecule has 30 heavy (non-hydrogen) atoms. The van der Waals surface area contributed by atoms with Gasteiger partial charge in [-0.25, -0.2) is 0 Å². The molecule has 0 spiro atoms. The first-order valence-corrected chi connectivity index (χ1v) is 10.7. The Morgan fingerprint density at radius 3 is 1.97 bits per heavy atom. The summed E-state index contributed by atoms with van der Waals surface area (Å²) in [7, 11) is 1.47. The summed E-state index contributed by atoms with van der Waals surface area (Å²) in [6.07, 6.45) is 0. The highest BCUT2D eigenvalue weighted by molar-refractivity contribution is 5.73. The Kier molecular flexibility index (Phi) is 6.47. The van der Waals surface area contributed by atoms with E-state index in [0.29, 0.717) is 6.54 Å². The lowest BCUT2D eigenvalue weighted by Crippen LogP contribution is -2.33. The van der Waals surface area contributed by atoms with E-state index in [9.17, 15) is 10.1 Å². The van der Waals surface area contributed by atoms with Crippen LogP contribution in [0.5, 0.6) is 0 Å². The highest BCUT2D eigenvalue weighted by Crippen LogP contribution is 2.39. The third-order valence-electron chi connectivity index (χ3n) is 6.60. The van der Waals surface area contributed by atoms with E-state index >= 15 is 0 Å². The van der Waals surface area contributed by atoms with Crippen LogP contribution < -0.4 is 0 Å². The molecule has 4 atom stereocenters. The molecule has 2 aromatic rings. The lowest BCUT2D eigenvalue weighted by molar-refractivity contribution is -0.146. The Labute approximate surface area is 178 Å². The SMILES string of the molecule is COC(=O)C1CN(Cc2ccccc2)CC1C1CN(Cc2ccccc2)CC1C#N. The predicted octanol–water partition coefficient (Wildman–Crippen LogP) is 3.18. The maximum Gasteiger partial charge on any atom is 0.310 e. The molecule has 2 fully saturated rings. The monoisotopic (exact) mass is 403 g/mol. The van der Waals surface area contributed by atoms with Gasteiger partial charge in [-0.1, -0.05) is 60.7 Å². The minimum atomic E-state index is -0.170. The van der Waals surface area contributed by atoms with Gasteiger partial charge in [-0.2, -0.15) is 5.26 Å². The first-order valence-electron chi connectivity index (χ1n) is 10.7. The maximum atomic E-state index is 12.6. The second-order valence-electron chi connectivity index (χ2n) is 8.55. The molecular formula is C25H29N3O2. The summed E-state index contributed by atoms with van der Waals surface area (Å²) in [6.45, 7) is 4.81. The smallest absolute Gasteiger partial charge is 0.310 e. The normalized spacial score (nSPS) is 27.1. The van der Waals surface area contributed by atoms with Gasteiger partial charge in [0.05, 0.1) is 25.0 Å². The van der Waals surface area contributed by atoms with Crippen molar-refractivity contribution in [3.8, 4) is 6.07 Å². The summed E-state index contributed by atoms with van der Waals surface area (Å²) in [6, 6.07) is 23.3. The van der Waals surface area contributed by atoms with Gasteiger partial charge in [-0.05, 0) is 23.0 Å². The van der Waals surface area contributed by atoms with Crippen LogP contribution in [-0.2, 0) is 22.6 Å². The van der Waals surface area contributed by atoms with Crippen molar-refractivity contribution in [1.29, 1.82) is 5.26 Å². The minimum Gasteiger partial charge on any atom is -0.469 e. The van der Waals surface area contributed by atoms with Gasteiger partial charge in [0.2, 0.25) is 0 Å². The topological polar surface area (TPSA) is 56.6 Å². The van der Waals surface area contributed by atoms with E-state index in [-0.39, 0.29) is 29.6 Å². The molecule has 0 amide bonds. The van der Waals surface area contributed by atoms with E-state index in [1.165, 1.54) is 18.2 Å². The summed E-state index contributed by atoms with van der Waals surface area (Å²) in [4.78, 5) is 17.3. The van der Waals surface area contributed by atoms with Crippen molar-refractivity contribution in [2.24, 2.45) is 23.7 Å². The van der Waals surface area contributed by atoms with Crippen molar-refractivity contribution in [3.05, 3.63) is 71.8 Å². The average molecular weight is 404 g/mol. The number of rotatable bonds is 6. The van der Waals surface area contributed by atoms with Crippen LogP contribution in [0.1, 0.15) is 11.1 Å². The molecule has 0 radical (unpaired) electrons. The zero-order valence-electron chi connectivity index (χ0n) is 17.5. The summed E-state index contributed by atoms with van der Waals surface area (Å²) in [5, 5.41) is 9.86. The third kappa shape index (κ3) is 4.56. The Hall–Kier alpha value is -2.68. The Morgan fingerprint density at radius 1 is 0.900 bits per heavy atom. The van der Waals surface area contributed by atoms with Crippen LogP contribution in [0.4, 0.5) is 0 Å². The number of nitriles is 1. The second kappa shape index (κ2) is 9.42. The van der Waals surface area contributed by atoms with Crippen molar-refractivity contribution in [2.75, 3.05) is 33.3 Å². The molecule has 0 aliphatic carbocycles. The molecule has 0 N–H and O–H groups in total. The van der Waals surface area contributed by atoms with Crippen LogP contribution in [0.3, 0.4) is 0 Å². The number of hydrogen-bond acceptors (Lipinski definition) is 5. The number of hydrogen-bond donors (Lipinski definition) is 0. The summed E-state index contributed by atoms with van der Waals surface area (Å²) < 4.78 is 5.15. The van der Waals surface area contributed by atoms with Crippen LogP contribution in [0.15, 0.2) is 60.7 Å². The zero-order valence-corrected chi connectivity index (χ0v) is 17.5. The van der Waals surface area contributed by atoms with Crippen LogP contribution in [0.25, 0.3) is 0 Å². The van der Waals surface area contributed by atoms with Gasteiger partial charge < -0.3 is 4.74 Å². The molecule has 0 aromatic heterocycles. The molecule has 5 nitrogen and oxygen atoms in total. The first-order chi connectivity index (χ1) is 14.7. The predicted molar refractivity (Wildman–Crippen MR) is 115 cm³/mol. The Balaban J connectivity index is 1.48. The maximum absolute atomic E-state index is 12.6. The first kappa shape index (κ1) is 20.6. The quantitative estimate of drug-likeness (QED) is 0.694. The highest BCUT2D eigenvalue weighted by atomic mass is 16.5. The van der Waals surface area contributed by atoms with E-state index < -0.39 is 0 Å². The van der Waals surface area contributed by atoms with Crippen molar-refractivity contribution in [3.63, 3.8) is 0 Å². The van der Waals surface area contributed by atoms with Gasteiger partial charge in [0.1, 0.15) is 0 Å². The number of carbonyl (C=O) groups excluding carboxylic acids is 1. The van der Waals surface area contributed by atoms with Crippen LogP contribution in [0.2, 0.25) is 0 Å². The second-order valence-corrected chi connectivity index (χ2v) is 8.55. The number of benzene rings is 2. The van der Waals surface area contributed by atoms with E-state index in [1.54, 1.807) is 0 Å². The van der Waals surface area contributed by atoms with Crippen molar-refractivity contribution >= 4 is 5.97 Å². The number of carbonyl (C=O) groups is 1. The van der Waals surface area contributed by atoms with E-state index in [2.05, 4.69) is 52.3 Å². The van der Waals surface area contributed by atoms with Gasteiger partial charge in [0, 0.05) is 39.3 Å². The molecule has 2 saturated heterocycles. The van der Waals surface area contributed by atoms with Gasteiger partial charge in [0.15, 0.2) is 0 Å². The fourth-order valence-corrected chi connectivity index (χ4v) is 5.17. The van der Waals surface area contributed by atoms with Crippen LogP contribution in [0, 0.1) is 35.0 Å². The average Bonchev–Trinajstić information content (AvgIpc) is 3.38. The zero-order chi connectivity index (χ0) is 20.9. The van der Waals surface area contributed by atoms with Crippen molar-refractivity contribution in [2.45, 2.75) is 13.1 Å². The lowest BCUT2D eigenvalue weighted by atomic mass is 9.78. The Morgan fingerprint density at radius 2 is 1.43 bits per heavy atom. The van der Waals surface area contributed by atoms with Crippen molar-refractivity contribution in [1.82, 2.24) is 9.80 Å². The van der Waals surface area contributed by atoms with Crippen molar-refractivity contribution < 1.29 is 9.53 Å². The molecule has 2 aliphatic heterocycles. The summed E-state index contributed by atoms with van der Waals surface area (Å²) in [5.41, 5.74) is 2.51. The number of nitrogens with zero attached hydrogens (tertiary/aromatic N) is 3. The third-order valence-corrected chi connectivity index (χ3v) is 6.60. The molecule has 156 valence electrons. The number of methoxy groups -OCH3 is 1. The standard InChI is InChI=1S/C25H29N3O2/c1-30-25(29)24-18-28(14-20-10-6-3-7-11-20)17-23(24)22-16-27(15-21(22)12-26)13-19-8-4-2-5-9-19/h2-11,21-24H,13-18H2,1H3. The molecular weight excluding hydrogens is 374 g/mol. The molecule has 4 unspecified atom stereocenters. The summed E-state index contributed by atoms with van der Waals surface area (Å²) >= 11 is 0. The molecule has 2 aromatic carbocycles. The van der Waals surface area contributed by atoms with Gasteiger partial charge in [-0.15, -0.1) is 0 Å². The molecule has 2 aliphatic rings. The van der Waals surface area contributed by atoms with Crippen LogP contribution in [-0.4, -0.2) is 49.1 Å². The number of likely N-dealkylation sites (tertiary alicyclic amines) is 2. The Bertz CT molecular complexity index is 880. The number of esters is 1. The molecule has 5 heteroatoms. The van der Waals surface area contributed by atoms with Gasteiger partial charge in [0.25, 0.3) is 0 Å². The van der Waals surface area contributed by atoms with E-state index in [0.717, 1.165) is 32.7 Å². The largest absolute Gasteiger partial charge is 0.469 e. The molecule has 4 rings (SSSR count). The molecule has 0 saturated carbocycles. The fourth-order valence-electron chi connectivity index (χ4n) is 5.17. The van der Waals surface area contributed by atoms with E-state index in [1.807, 2.05) is 24.3 Å². The highest BCUT2D eigenvalue weighted by Gasteiger charge is 2.47. The van der Waals surface area contributed by atoms with E-state index in [4.69, 9.17) is 4.74 Å². The van der Waals surface area contributed by atoms with Gasteiger partial charge in [-0.3, -0.25) is 14.6 Å². The molecule has 0 bridgehead atoms. The van der Waals surface area contributed by atoms with Gasteiger partial charge >= 0.3 is 5.97 Å². The fraction of sp³-hybridized carbons (Fsp3) is 0.440.